The Bertz CT molecular complexity index is 660. The van der Waals surface area contributed by atoms with Crippen LogP contribution in [-0.4, -0.2) is 60.9 Å². The molecule has 0 aromatic carbocycles. The normalized spacial score (nSPS) is 13.8. The number of thioether (sulfide) groups is 1. The van der Waals surface area contributed by atoms with E-state index in [1.54, 1.807) is 30.0 Å². The Labute approximate surface area is 201 Å². The van der Waals surface area contributed by atoms with Gasteiger partial charge in [-0.3, -0.25) is 9.59 Å². The van der Waals surface area contributed by atoms with Crippen molar-refractivity contribution in [3.8, 4) is 0 Å². The molecule has 1 rings (SSSR count). The standard InChI is InChI=1S/C20H32N2O5S4/c1-3-26-19(24)12-27-18(23)5-8-22-20(25)15(10-14-6-9-30-13-14)11-17(31-28)16(29-2)4-7-21/h6,9,13,15-17,28H,3-5,7-8,10-12,21H2,1-2H3,(H,22,25). The van der Waals surface area contributed by atoms with Crippen molar-refractivity contribution in [1.29, 1.82) is 0 Å². The molecule has 176 valence electrons. The largest absolute Gasteiger partial charge is 0.463 e. The number of hydrogen-bond donors (Lipinski definition) is 3. The zero-order valence-corrected chi connectivity index (χ0v) is 21.3. The lowest BCUT2D eigenvalue weighted by Gasteiger charge is -2.27. The van der Waals surface area contributed by atoms with Gasteiger partial charge in [-0.15, -0.1) is 11.7 Å². The number of carbonyl (C=O) groups excluding carboxylic acids is 3. The number of amides is 1. The van der Waals surface area contributed by atoms with E-state index < -0.39 is 18.5 Å². The van der Waals surface area contributed by atoms with E-state index >= 15 is 0 Å². The molecule has 0 radical (unpaired) electrons. The predicted molar refractivity (Wildman–Crippen MR) is 133 cm³/mol. The molecule has 1 aromatic heterocycles. The van der Waals surface area contributed by atoms with Crippen LogP contribution in [0.5, 0.6) is 0 Å². The fourth-order valence-electron chi connectivity index (χ4n) is 2.99. The van der Waals surface area contributed by atoms with Crippen LogP contribution in [-0.2, 0) is 30.3 Å². The van der Waals surface area contributed by atoms with Gasteiger partial charge in [0.1, 0.15) is 0 Å². The van der Waals surface area contributed by atoms with E-state index in [1.165, 1.54) is 10.8 Å². The summed E-state index contributed by atoms with van der Waals surface area (Å²) in [5.74, 6) is -1.50. The van der Waals surface area contributed by atoms with Crippen LogP contribution in [0, 0.1) is 5.92 Å². The Kier molecular flexibility index (Phi) is 15.2. The average molecular weight is 509 g/mol. The minimum Gasteiger partial charge on any atom is -0.463 e. The van der Waals surface area contributed by atoms with Gasteiger partial charge in [-0.25, -0.2) is 4.79 Å². The number of ether oxygens (including phenoxy) is 2. The second-order valence-electron chi connectivity index (χ2n) is 6.77. The summed E-state index contributed by atoms with van der Waals surface area (Å²) in [6.07, 6.45) is 4.18. The first-order valence-electron chi connectivity index (χ1n) is 10.1. The summed E-state index contributed by atoms with van der Waals surface area (Å²) in [6, 6.07) is 2.02. The van der Waals surface area contributed by atoms with Crippen LogP contribution in [0.25, 0.3) is 0 Å². The molecule has 7 nitrogen and oxygen atoms in total. The molecular formula is C20H32N2O5S4. The predicted octanol–water partition coefficient (Wildman–Crippen LogP) is 2.94. The maximum Gasteiger partial charge on any atom is 0.344 e. The third kappa shape index (κ3) is 11.5. The van der Waals surface area contributed by atoms with E-state index in [0.29, 0.717) is 24.6 Å². The van der Waals surface area contributed by atoms with Gasteiger partial charge in [0.25, 0.3) is 0 Å². The highest BCUT2D eigenvalue weighted by atomic mass is 33.1. The smallest absolute Gasteiger partial charge is 0.344 e. The second kappa shape index (κ2) is 16.7. The SMILES string of the molecule is CCOC(=O)COC(=O)CCNC(=O)C(Cc1ccsc1)CC(SS)C(CCN)SC. The Balaban J connectivity index is 2.63. The fraction of sp³-hybridized carbons (Fsp3) is 0.650. The van der Waals surface area contributed by atoms with Gasteiger partial charge in [0.05, 0.1) is 13.0 Å². The van der Waals surface area contributed by atoms with Crippen molar-refractivity contribution < 1.29 is 23.9 Å². The summed E-state index contributed by atoms with van der Waals surface area (Å²) >= 11 is 7.79. The fourth-order valence-corrected chi connectivity index (χ4v) is 6.49. The van der Waals surface area contributed by atoms with Gasteiger partial charge in [-0.2, -0.15) is 23.1 Å². The van der Waals surface area contributed by atoms with E-state index in [2.05, 4.69) is 17.0 Å². The third-order valence-corrected chi connectivity index (χ3v) is 8.22. The highest BCUT2D eigenvalue weighted by Crippen LogP contribution is 2.33. The van der Waals surface area contributed by atoms with Crippen molar-refractivity contribution in [3.05, 3.63) is 22.4 Å². The van der Waals surface area contributed by atoms with Crippen molar-refractivity contribution >= 4 is 63.4 Å². The number of hydrogen-bond acceptors (Lipinski definition) is 10. The monoisotopic (exact) mass is 508 g/mol. The van der Waals surface area contributed by atoms with Crippen molar-refractivity contribution in [1.82, 2.24) is 5.32 Å². The Morgan fingerprint density at radius 3 is 2.61 bits per heavy atom. The molecule has 0 aliphatic carbocycles. The van der Waals surface area contributed by atoms with E-state index in [-0.39, 0.29) is 36.6 Å². The second-order valence-corrected chi connectivity index (χ2v) is 10.1. The number of esters is 2. The van der Waals surface area contributed by atoms with Crippen LogP contribution in [0.3, 0.4) is 0 Å². The molecule has 3 atom stereocenters. The summed E-state index contributed by atoms with van der Waals surface area (Å²) in [5.41, 5.74) is 6.87. The molecular weight excluding hydrogens is 476 g/mol. The molecule has 3 N–H and O–H groups in total. The first-order chi connectivity index (χ1) is 14.9. The zero-order chi connectivity index (χ0) is 23.1. The van der Waals surface area contributed by atoms with Crippen molar-refractivity contribution in [2.45, 2.75) is 43.1 Å². The van der Waals surface area contributed by atoms with Crippen LogP contribution >= 0.6 is 45.6 Å². The van der Waals surface area contributed by atoms with E-state index in [4.69, 9.17) is 15.2 Å². The lowest BCUT2D eigenvalue weighted by atomic mass is 9.93. The molecule has 0 bridgehead atoms. The minimum absolute atomic E-state index is 0.0122. The quantitative estimate of drug-likeness (QED) is 0.178. The minimum atomic E-state index is -0.591. The Hall–Kier alpha value is -0.880. The number of nitrogens with one attached hydrogen (secondary N) is 1. The van der Waals surface area contributed by atoms with Crippen LogP contribution in [0.2, 0.25) is 0 Å². The molecule has 0 fully saturated rings. The van der Waals surface area contributed by atoms with Crippen molar-refractivity contribution in [2.75, 3.05) is 32.6 Å². The molecule has 0 aliphatic heterocycles. The topological polar surface area (TPSA) is 108 Å². The molecule has 1 amide bonds. The van der Waals surface area contributed by atoms with Crippen LogP contribution in [0.15, 0.2) is 16.8 Å². The number of nitrogens with two attached hydrogens (primary N) is 1. The third-order valence-electron chi connectivity index (χ3n) is 4.54. The molecule has 1 aromatic rings. The summed E-state index contributed by atoms with van der Waals surface area (Å²) in [5, 5.41) is 7.36. The number of thiol groups is 1. The molecule has 0 saturated heterocycles. The molecule has 1 heterocycles. The molecule has 0 saturated carbocycles. The summed E-state index contributed by atoms with van der Waals surface area (Å²) in [6.45, 7) is 2.22. The number of rotatable bonds is 16. The molecule has 31 heavy (non-hydrogen) atoms. The summed E-state index contributed by atoms with van der Waals surface area (Å²) in [4.78, 5) is 35.9. The lowest BCUT2D eigenvalue weighted by molar-refractivity contribution is -0.158. The van der Waals surface area contributed by atoms with Crippen molar-refractivity contribution in [3.63, 3.8) is 0 Å². The summed E-state index contributed by atoms with van der Waals surface area (Å²) in [7, 11) is 1.47. The molecule has 0 aliphatic rings. The van der Waals surface area contributed by atoms with E-state index in [1.807, 2.05) is 23.1 Å². The Morgan fingerprint density at radius 2 is 2.03 bits per heavy atom. The number of thiophene rings is 1. The maximum absolute atomic E-state index is 12.9. The first kappa shape index (κ1) is 28.2. The van der Waals surface area contributed by atoms with Crippen molar-refractivity contribution in [2.24, 2.45) is 11.7 Å². The molecule has 3 unspecified atom stereocenters. The summed E-state index contributed by atoms with van der Waals surface area (Å²) < 4.78 is 9.55. The number of carbonyl (C=O) groups is 3. The van der Waals surface area contributed by atoms with Gasteiger partial charge >= 0.3 is 11.9 Å². The van der Waals surface area contributed by atoms with Crippen LogP contribution < -0.4 is 11.1 Å². The first-order valence-corrected chi connectivity index (χ1v) is 14.2. The van der Waals surface area contributed by atoms with Gasteiger partial charge in [0.15, 0.2) is 6.61 Å². The van der Waals surface area contributed by atoms with Crippen LogP contribution in [0.4, 0.5) is 0 Å². The van der Waals surface area contributed by atoms with Gasteiger partial charge in [-0.05, 0) is 61.4 Å². The van der Waals surface area contributed by atoms with Gasteiger partial charge in [-0.1, -0.05) is 10.8 Å². The zero-order valence-electron chi connectivity index (χ0n) is 17.9. The van der Waals surface area contributed by atoms with E-state index in [9.17, 15) is 14.4 Å². The highest BCUT2D eigenvalue weighted by Gasteiger charge is 2.28. The van der Waals surface area contributed by atoms with Crippen LogP contribution in [0.1, 0.15) is 31.7 Å². The van der Waals surface area contributed by atoms with Gasteiger partial charge in [0.2, 0.25) is 5.91 Å². The lowest BCUT2D eigenvalue weighted by Crippen LogP contribution is -2.37. The van der Waals surface area contributed by atoms with Gasteiger partial charge in [0, 0.05) is 23.0 Å². The molecule has 0 spiro atoms. The Morgan fingerprint density at radius 1 is 1.26 bits per heavy atom. The van der Waals surface area contributed by atoms with E-state index in [0.717, 1.165) is 12.0 Å². The molecule has 11 heteroatoms. The maximum atomic E-state index is 12.9. The highest BCUT2D eigenvalue weighted by molar-refractivity contribution is 8.69. The van der Waals surface area contributed by atoms with Gasteiger partial charge < -0.3 is 20.5 Å². The average Bonchev–Trinajstić information content (AvgIpc) is 3.27.